The highest BCUT2D eigenvalue weighted by molar-refractivity contribution is 7.92. The van der Waals surface area contributed by atoms with Crippen molar-refractivity contribution >= 4 is 27.3 Å². The third-order valence-electron chi connectivity index (χ3n) is 5.23. The van der Waals surface area contributed by atoms with Gasteiger partial charge in [-0.3, -0.25) is 9.52 Å². The number of benzene rings is 3. The van der Waals surface area contributed by atoms with Crippen molar-refractivity contribution < 1.29 is 31.5 Å². The standard InChI is InChI=1S/C26H29F2N3O5S/c1-4-17-11-12-20(16-21(17)36-26(3,27)28)31-37(33,34)23-14-13-19(15-22(23)35-5-2)30-25(32)24(29)18-9-7-6-8-10-18/h6-16,24,31H,4-5,29H2,1-3H3,(H,30,32)/t24-/m0/s1. The van der Waals surface area contributed by atoms with E-state index in [0.29, 0.717) is 24.5 Å². The fourth-order valence-electron chi connectivity index (χ4n) is 3.52. The first-order chi connectivity index (χ1) is 17.4. The highest BCUT2D eigenvalue weighted by atomic mass is 32.2. The van der Waals surface area contributed by atoms with E-state index in [1.54, 1.807) is 44.2 Å². The molecule has 1 amide bonds. The summed E-state index contributed by atoms with van der Waals surface area (Å²) in [4.78, 5) is 12.4. The quantitative estimate of drug-likeness (QED) is 0.316. The number of sulfonamides is 1. The first-order valence-electron chi connectivity index (χ1n) is 11.5. The van der Waals surface area contributed by atoms with Crippen LogP contribution in [0, 0.1) is 0 Å². The van der Waals surface area contributed by atoms with Gasteiger partial charge in [0.1, 0.15) is 22.4 Å². The Labute approximate surface area is 214 Å². The maximum absolute atomic E-state index is 13.5. The lowest BCUT2D eigenvalue weighted by Gasteiger charge is -2.18. The van der Waals surface area contributed by atoms with E-state index in [1.165, 1.54) is 36.4 Å². The van der Waals surface area contributed by atoms with Gasteiger partial charge in [0.05, 0.1) is 12.3 Å². The van der Waals surface area contributed by atoms with Gasteiger partial charge in [-0.1, -0.05) is 43.3 Å². The van der Waals surface area contributed by atoms with E-state index in [4.69, 9.17) is 15.2 Å². The Hall–Kier alpha value is -3.70. The molecule has 37 heavy (non-hydrogen) atoms. The molecule has 0 unspecified atom stereocenters. The van der Waals surface area contributed by atoms with Crippen LogP contribution in [0.1, 0.15) is 37.9 Å². The van der Waals surface area contributed by atoms with Crippen LogP contribution in [-0.2, 0) is 21.2 Å². The van der Waals surface area contributed by atoms with E-state index < -0.39 is 28.1 Å². The molecule has 3 aromatic rings. The molecule has 0 aliphatic rings. The predicted molar refractivity (Wildman–Crippen MR) is 137 cm³/mol. The molecule has 11 heteroatoms. The van der Waals surface area contributed by atoms with Gasteiger partial charge in [-0.05, 0) is 42.7 Å². The summed E-state index contributed by atoms with van der Waals surface area (Å²) in [6.45, 7) is 4.20. The van der Waals surface area contributed by atoms with Crippen molar-refractivity contribution in [3.8, 4) is 11.5 Å². The van der Waals surface area contributed by atoms with E-state index in [2.05, 4.69) is 10.0 Å². The lowest BCUT2D eigenvalue weighted by atomic mass is 10.1. The zero-order valence-electron chi connectivity index (χ0n) is 20.6. The number of halogens is 2. The zero-order chi connectivity index (χ0) is 27.2. The van der Waals surface area contributed by atoms with Crippen LogP contribution in [0.5, 0.6) is 11.5 Å². The van der Waals surface area contributed by atoms with Crippen molar-refractivity contribution in [3.05, 3.63) is 77.9 Å². The van der Waals surface area contributed by atoms with Gasteiger partial charge in [-0.2, -0.15) is 8.78 Å². The van der Waals surface area contributed by atoms with Crippen LogP contribution in [0.4, 0.5) is 20.2 Å². The molecule has 1 atom stereocenters. The van der Waals surface area contributed by atoms with Gasteiger partial charge in [0, 0.05) is 24.7 Å². The van der Waals surface area contributed by atoms with Crippen molar-refractivity contribution in [2.45, 2.75) is 44.2 Å². The summed E-state index contributed by atoms with van der Waals surface area (Å²) in [5.74, 6) is -0.630. The Kier molecular flexibility index (Phi) is 8.72. The van der Waals surface area contributed by atoms with Crippen LogP contribution in [0.2, 0.25) is 0 Å². The number of carbonyl (C=O) groups is 1. The smallest absolute Gasteiger partial charge is 0.394 e. The first-order valence-corrected chi connectivity index (χ1v) is 13.0. The van der Waals surface area contributed by atoms with Gasteiger partial charge >= 0.3 is 6.11 Å². The van der Waals surface area contributed by atoms with E-state index >= 15 is 0 Å². The fraction of sp³-hybridized carbons (Fsp3) is 0.269. The number of hydrogen-bond donors (Lipinski definition) is 3. The number of amides is 1. The number of hydrogen-bond acceptors (Lipinski definition) is 6. The molecule has 0 aromatic heterocycles. The van der Waals surface area contributed by atoms with Crippen molar-refractivity contribution in [3.63, 3.8) is 0 Å². The maximum Gasteiger partial charge on any atom is 0.394 e. The SMILES string of the molecule is CCOc1cc(NC(=O)[C@@H](N)c2ccccc2)ccc1S(=O)(=O)Nc1ccc(CC)c(OC(C)(F)F)c1. The average Bonchev–Trinajstić information content (AvgIpc) is 2.83. The summed E-state index contributed by atoms with van der Waals surface area (Å²) in [7, 11) is -4.21. The number of nitrogens with two attached hydrogens (primary N) is 1. The van der Waals surface area contributed by atoms with Crippen molar-refractivity contribution in [2.75, 3.05) is 16.6 Å². The van der Waals surface area contributed by atoms with Gasteiger partial charge in [0.25, 0.3) is 10.0 Å². The minimum atomic E-state index is -4.21. The zero-order valence-corrected chi connectivity index (χ0v) is 21.4. The third kappa shape index (κ3) is 7.40. The normalized spacial score (nSPS) is 12.5. The maximum atomic E-state index is 13.5. The van der Waals surface area contributed by atoms with E-state index in [9.17, 15) is 22.0 Å². The molecule has 0 fully saturated rings. The molecule has 0 bridgehead atoms. The Morgan fingerprint density at radius 3 is 2.27 bits per heavy atom. The summed E-state index contributed by atoms with van der Waals surface area (Å²) >= 11 is 0. The minimum Gasteiger partial charge on any atom is -0.492 e. The number of alkyl halides is 2. The second-order valence-corrected chi connectivity index (χ2v) is 9.81. The van der Waals surface area contributed by atoms with Crippen molar-refractivity contribution in [2.24, 2.45) is 5.73 Å². The molecule has 0 saturated carbocycles. The second-order valence-electron chi connectivity index (χ2n) is 8.16. The van der Waals surface area contributed by atoms with E-state index in [-0.39, 0.29) is 34.4 Å². The first kappa shape index (κ1) is 27.9. The van der Waals surface area contributed by atoms with Crippen molar-refractivity contribution in [1.82, 2.24) is 0 Å². The Morgan fingerprint density at radius 1 is 1.00 bits per heavy atom. The summed E-state index contributed by atoms with van der Waals surface area (Å²) in [5.41, 5.74) is 7.46. The van der Waals surface area contributed by atoms with Crippen molar-refractivity contribution in [1.29, 1.82) is 0 Å². The molecular formula is C26H29F2N3O5S. The molecule has 198 valence electrons. The molecule has 3 rings (SSSR count). The Balaban J connectivity index is 1.86. The number of nitrogens with one attached hydrogen (secondary N) is 2. The van der Waals surface area contributed by atoms with Crippen LogP contribution in [0.25, 0.3) is 0 Å². The molecule has 4 N–H and O–H groups in total. The van der Waals surface area contributed by atoms with Gasteiger partial charge in [0.2, 0.25) is 5.91 Å². The lowest BCUT2D eigenvalue weighted by Crippen LogP contribution is -2.27. The van der Waals surface area contributed by atoms with E-state index in [0.717, 1.165) is 0 Å². The number of anilines is 2. The van der Waals surface area contributed by atoms with Crippen LogP contribution in [-0.4, -0.2) is 27.0 Å². The predicted octanol–water partition coefficient (Wildman–Crippen LogP) is 5.08. The number of carbonyl (C=O) groups excluding carboxylic acids is 1. The van der Waals surface area contributed by atoms with Crippen LogP contribution in [0.3, 0.4) is 0 Å². The molecule has 0 radical (unpaired) electrons. The largest absolute Gasteiger partial charge is 0.492 e. The molecule has 3 aromatic carbocycles. The summed E-state index contributed by atoms with van der Waals surface area (Å²) in [6, 6.07) is 16.1. The monoisotopic (exact) mass is 533 g/mol. The second kappa shape index (κ2) is 11.6. The number of ether oxygens (including phenoxy) is 2. The Bertz CT molecular complexity index is 1350. The highest BCUT2D eigenvalue weighted by Crippen LogP contribution is 2.33. The molecule has 0 spiro atoms. The van der Waals surface area contributed by atoms with Crippen LogP contribution >= 0.6 is 0 Å². The molecular weight excluding hydrogens is 504 g/mol. The average molecular weight is 534 g/mol. The fourth-order valence-corrected chi connectivity index (χ4v) is 4.69. The van der Waals surface area contributed by atoms with Gasteiger partial charge < -0.3 is 20.5 Å². The molecule has 0 heterocycles. The summed E-state index contributed by atoms with van der Waals surface area (Å²) in [5, 5.41) is 2.66. The molecule has 0 aliphatic heterocycles. The molecule has 0 saturated heterocycles. The van der Waals surface area contributed by atoms with Gasteiger partial charge in [-0.15, -0.1) is 0 Å². The molecule has 0 aliphatic carbocycles. The number of rotatable bonds is 11. The number of aryl methyl sites for hydroxylation is 1. The topological polar surface area (TPSA) is 120 Å². The van der Waals surface area contributed by atoms with Gasteiger partial charge in [-0.25, -0.2) is 8.42 Å². The lowest BCUT2D eigenvalue weighted by molar-refractivity contribution is -0.159. The van der Waals surface area contributed by atoms with E-state index in [1.807, 2.05) is 0 Å². The summed E-state index contributed by atoms with van der Waals surface area (Å²) < 4.78 is 65.9. The van der Waals surface area contributed by atoms with Crippen LogP contribution < -0.4 is 25.2 Å². The van der Waals surface area contributed by atoms with Crippen LogP contribution in [0.15, 0.2) is 71.6 Å². The summed E-state index contributed by atoms with van der Waals surface area (Å²) in [6.07, 6.45) is -3.03. The Morgan fingerprint density at radius 2 is 1.65 bits per heavy atom. The third-order valence-corrected chi connectivity index (χ3v) is 6.65. The minimum absolute atomic E-state index is 0.0113. The molecule has 8 nitrogen and oxygen atoms in total. The van der Waals surface area contributed by atoms with Gasteiger partial charge in [0.15, 0.2) is 0 Å². The highest BCUT2D eigenvalue weighted by Gasteiger charge is 2.26.